The molecule has 6 nitrogen and oxygen atoms in total. The zero-order valence-electron chi connectivity index (χ0n) is 11.6. The molecule has 1 heterocycles. The molecule has 0 unspecified atom stereocenters. The lowest BCUT2D eigenvalue weighted by atomic mass is 9.92. The van der Waals surface area contributed by atoms with E-state index in [0.29, 0.717) is 17.7 Å². The molecule has 0 radical (unpaired) electrons. The summed E-state index contributed by atoms with van der Waals surface area (Å²) in [6.45, 7) is 3.14. The first-order valence-electron chi connectivity index (χ1n) is 6.44. The Balaban J connectivity index is 2.24. The summed E-state index contributed by atoms with van der Waals surface area (Å²) in [6.07, 6.45) is 1.44. The second kappa shape index (κ2) is 6.04. The van der Waals surface area contributed by atoms with Gasteiger partial charge in [0.2, 0.25) is 10.0 Å². The Bertz CT molecular complexity index is 654. The van der Waals surface area contributed by atoms with E-state index in [2.05, 4.69) is 21.2 Å². The number of rotatable bonds is 3. The van der Waals surface area contributed by atoms with Gasteiger partial charge in [0.1, 0.15) is 0 Å². The van der Waals surface area contributed by atoms with Gasteiger partial charge in [0.25, 0.3) is 5.91 Å². The van der Waals surface area contributed by atoms with Crippen molar-refractivity contribution in [1.82, 2.24) is 5.32 Å². The molecular weight excluding hydrogens is 360 g/mol. The lowest BCUT2D eigenvalue weighted by molar-refractivity contribution is 0.0423. The van der Waals surface area contributed by atoms with E-state index in [1.807, 2.05) is 6.92 Å². The predicted molar refractivity (Wildman–Crippen MR) is 81.4 cm³/mol. The van der Waals surface area contributed by atoms with Crippen LogP contribution < -0.4 is 10.5 Å². The summed E-state index contributed by atoms with van der Waals surface area (Å²) < 4.78 is 28.6. The lowest BCUT2D eigenvalue weighted by Crippen LogP contribution is -2.49. The fourth-order valence-electron chi connectivity index (χ4n) is 2.16. The number of primary sulfonamides is 1. The van der Waals surface area contributed by atoms with Crippen LogP contribution in [0.2, 0.25) is 0 Å². The zero-order chi connectivity index (χ0) is 15.7. The molecule has 0 spiro atoms. The molecule has 1 aromatic rings. The van der Waals surface area contributed by atoms with Crippen LogP contribution in [0.15, 0.2) is 27.6 Å². The minimum atomic E-state index is -3.88. The van der Waals surface area contributed by atoms with Crippen molar-refractivity contribution in [2.45, 2.75) is 30.2 Å². The van der Waals surface area contributed by atoms with Crippen LogP contribution in [0.1, 0.15) is 30.1 Å². The number of carbonyl (C=O) groups is 1. The van der Waals surface area contributed by atoms with Gasteiger partial charge in [0.05, 0.1) is 4.90 Å². The van der Waals surface area contributed by atoms with Crippen molar-refractivity contribution in [2.24, 2.45) is 5.14 Å². The van der Waals surface area contributed by atoms with E-state index in [1.165, 1.54) is 12.1 Å². The van der Waals surface area contributed by atoms with Crippen molar-refractivity contribution in [3.05, 3.63) is 28.2 Å². The summed E-state index contributed by atoms with van der Waals surface area (Å²) in [5.74, 6) is -0.322. The largest absolute Gasteiger partial charge is 0.381 e. The van der Waals surface area contributed by atoms with Crippen molar-refractivity contribution in [3.63, 3.8) is 0 Å². The molecule has 1 fully saturated rings. The van der Waals surface area contributed by atoms with Crippen LogP contribution in [0.3, 0.4) is 0 Å². The Labute approximate surface area is 132 Å². The average molecular weight is 377 g/mol. The number of halogens is 1. The van der Waals surface area contributed by atoms with Gasteiger partial charge in [0, 0.05) is 28.8 Å². The van der Waals surface area contributed by atoms with E-state index in [1.54, 1.807) is 6.07 Å². The molecule has 1 saturated heterocycles. The highest BCUT2D eigenvalue weighted by Crippen LogP contribution is 2.24. The SMILES string of the molecule is CC1(NC(=O)c2ccc(Br)c(S(N)(=O)=O)c2)CCOCC1. The van der Waals surface area contributed by atoms with E-state index in [9.17, 15) is 13.2 Å². The molecule has 0 atom stereocenters. The normalized spacial score (nSPS) is 18.2. The Morgan fingerprint density at radius 1 is 1.38 bits per heavy atom. The Kier molecular flexibility index (Phi) is 4.72. The van der Waals surface area contributed by atoms with Gasteiger partial charge >= 0.3 is 0 Å². The van der Waals surface area contributed by atoms with E-state index >= 15 is 0 Å². The number of sulfonamides is 1. The Hall–Kier alpha value is -0.960. The van der Waals surface area contributed by atoms with Crippen LogP contribution in [0.25, 0.3) is 0 Å². The maximum Gasteiger partial charge on any atom is 0.251 e. The number of carbonyl (C=O) groups excluding carboxylic acids is 1. The van der Waals surface area contributed by atoms with Crippen molar-refractivity contribution in [1.29, 1.82) is 0 Å². The quantitative estimate of drug-likeness (QED) is 0.832. The second-order valence-corrected chi connectivity index (χ2v) is 7.70. The predicted octanol–water partition coefficient (Wildman–Crippen LogP) is 1.40. The smallest absolute Gasteiger partial charge is 0.251 e. The van der Waals surface area contributed by atoms with Crippen LogP contribution in [0, 0.1) is 0 Å². The minimum absolute atomic E-state index is 0.104. The van der Waals surface area contributed by atoms with Gasteiger partial charge in [-0.2, -0.15) is 0 Å². The molecule has 116 valence electrons. The summed E-state index contributed by atoms with van der Waals surface area (Å²) in [4.78, 5) is 12.2. The first kappa shape index (κ1) is 16.4. The first-order valence-corrected chi connectivity index (χ1v) is 8.78. The van der Waals surface area contributed by atoms with E-state index < -0.39 is 10.0 Å². The van der Waals surface area contributed by atoms with Crippen molar-refractivity contribution in [3.8, 4) is 0 Å². The summed E-state index contributed by atoms with van der Waals surface area (Å²) in [7, 11) is -3.88. The highest BCUT2D eigenvalue weighted by atomic mass is 79.9. The third-order valence-electron chi connectivity index (χ3n) is 3.51. The first-order chi connectivity index (χ1) is 9.71. The Morgan fingerprint density at radius 3 is 2.57 bits per heavy atom. The molecule has 1 aliphatic heterocycles. The monoisotopic (exact) mass is 376 g/mol. The molecule has 1 amide bonds. The maximum absolute atomic E-state index is 12.3. The van der Waals surface area contributed by atoms with Gasteiger partial charge in [0.15, 0.2) is 0 Å². The molecule has 0 saturated carbocycles. The van der Waals surface area contributed by atoms with E-state index in [0.717, 1.165) is 12.8 Å². The fraction of sp³-hybridized carbons (Fsp3) is 0.462. The van der Waals surface area contributed by atoms with Crippen molar-refractivity contribution in [2.75, 3.05) is 13.2 Å². The summed E-state index contributed by atoms with van der Waals surface area (Å²) in [5, 5.41) is 8.07. The third kappa shape index (κ3) is 4.03. The minimum Gasteiger partial charge on any atom is -0.381 e. The molecule has 1 aromatic carbocycles. The van der Waals surface area contributed by atoms with Gasteiger partial charge in [-0.25, -0.2) is 13.6 Å². The molecule has 1 aliphatic rings. The topological polar surface area (TPSA) is 98.5 Å². The van der Waals surface area contributed by atoms with Crippen LogP contribution in [0.5, 0.6) is 0 Å². The average Bonchev–Trinajstić information content (AvgIpc) is 2.38. The molecule has 2 rings (SSSR count). The highest BCUT2D eigenvalue weighted by Gasteiger charge is 2.29. The third-order valence-corrected chi connectivity index (χ3v) is 5.42. The van der Waals surface area contributed by atoms with Crippen molar-refractivity contribution < 1.29 is 17.9 Å². The van der Waals surface area contributed by atoms with Crippen LogP contribution in [-0.4, -0.2) is 33.1 Å². The highest BCUT2D eigenvalue weighted by molar-refractivity contribution is 9.10. The van der Waals surface area contributed by atoms with Crippen LogP contribution >= 0.6 is 15.9 Å². The molecule has 0 aliphatic carbocycles. The number of hydrogen-bond donors (Lipinski definition) is 2. The molecule has 3 N–H and O–H groups in total. The summed E-state index contributed by atoms with van der Waals surface area (Å²) in [5.41, 5.74) is -0.0839. The number of nitrogens with one attached hydrogen (secondary N) is 1. The molecule has 8 heteroatoms. The fourth-order valence-corrected chi connectivity index (χ4v) is 3.71. The molecule has 0 bridgehead atoms. The van der Waals surface area contributed by atoms with Crippen LogP contribution in [-0.2, 0) is 14.8 Å². The number of benzene rings is 1. The molecular formula is C13H17BrN2O4S. The Morgan fingerprint density at radius 2 is 2.00 bits per heavy atom. The lowest BCUT2D eigenvalue weighted by Gasteiger charge is -2.34. The number of nitrogens with two attached hydrogens (primary N) is 1. The van der Waals surface area contributed by atoms with Gasteiger partial charge in [-0.05, 0) is 53.9 Å². The van der Waals surface area contributed by atoms with Gasteiger partial charge in [-0.15, -0.1) is 0 Å². The van der Waals surface area contributed by atoms with E-state index in [4.69, 9.17) is 9.88 Å². The number of ether oxygens (including phenoxy) is 1. The molecule has 21 heavy (non-hydrogen) atoms. The standard InChI is InChI=1S/C13H17BrN2O4S/c1-13(4-6-20-7-5-13)16-12(17)9-2-3-10(14)11(8-9)21(15,18)19/h2-3,8H,4-7H2,1H3,(H,16,17)(H2,15,18,19). The number of hydrogen-bond acceptors (Lipinski definition) is 4. The summed E-state index contributed by atoms with van der Waals surface area (Å²) >= 11 is 3.12. The summed E-state index contributed by atoms with van der Waals surface area (Å²) in [6, 6.07) is 4.33. The zero-order valence-corrected chi connectivity index (χ0v) is 14.0. The maximum atomic E-state index is 12.3. The second-order valence-electron chi connectivity index (χ2n) is 5.32. The number of amides is 1. The van der Waals surface area contributed by atoms with Gasteiger partial charge < -0.3 is 10.1 Å². The molecule has 0 aromatic heterocycles. The van der Waals surface area contributed by atoms with Crippen molar-refractivity contribution >= 4 is 31.9 Å². The van der Waals surface area contributed by atoms with Gasteiger partial charge in [-0.1, -0.05) is 0 Å². The van der Waals surface area contributed by atoms with E-state index in [-0.39, 0.29) is 21.9 Å². The van der Waals surface area contributed by atoms with Gasteiger partial charge in [-0.3, -0.25) is 4.79 Å². The van der Waals surface area contributed by atoms with Crippen LogP contribution in [0.4, 0.5) is 0 Å².